The Hall–Kier alpha value is -2.22. The number of carbonyl (C=O) groups excluding carboxylic acids is 1. The van der Waals surface area contributed by atoms with Gasteiger partial charge in [0.15, 0.2) is 0 Å². The molecule has 0 aliphatic heterocycles. The second kappa shape index (κ2) is 5.61. The normalized spacial score (nSPS) is 10.2. The molecule has 0 aliphatic rings. The molecule has 2 heterocycles. The van der Waals surface area contributed by atoms with Gasteiger partial charge in [-0.25, -0.2) is 4.98 Å². The van der Waals surface area contributed by atoms with Crippen LogP contribution in [0.1, 0.15) is 10.4 Å². The van der Waals surface area contributed by atoms with E-state index < -0.39 is 5.97 Å². The number of halogens is 1. The second-order valence-corrected chi connectivity index (χ2v) is 4.46. The van der Waals surface area contributed by atoms with Gasteiger partial charge in [-0.05, 0) is 28.1 Å². The summed E-state index contributed by atoms with van der Waals surface area (Å²) in [5.74, 6) is -1.34. The highest BCUT2D eigenvalue weighted by Gasteiger charge is 2.08. The van der Waals surface area contributed by atoms with Crippen LogP contribution in [0.5, 0.6) is 0 Å². The summed E-state index contributed by atoms with van der Waals surface area (Å²) in [5.41, 5.74) is 0.823. The lowest BCUT2D eigenvalue weighted by molar-refractivity contribution is -0.137. The first-order valence-corrected chi connectivity index (χ1v) is 6.01. The Morgan fingerprint density at radius 3 is 2.79 bits per heavy atom. The standard InChI is InChI=1S/C11H9BrN4O3/c12-9-2-1-7(3-13-9)11(19)15-8-4-14-16(5-8)6-10(17)18/h1-5H,6H2,(H,15,19)(H,17,18). The number of aromatic nitrogens is 3. The Bertz CT molecular complexity index is 609. The van der Waals surface area contributed by atoms with E-state index in [1.54, 1.807) is 12.1 Å². The monoisotopic (exact) mass is 324 g/mol. The molecule has 2 aromatic heterocycles. The van der Waals surface area contributed by atoms with Crippen molar-refractivity contribution in [2.75, 3.05) is 5.32 Å². The van der Waals surface area contributed by atoms with Crippen LogP contribution in [0.3, 0.4) is 0 Å². The van der Waals surface area contributed by atoms with Crippen LogP contribution in [0.25, 0.3) is 0 Å². The van der Waals surface area contributed by atoms with Crippen LogP contribution in [-0.4, -0.2) is 31.7 Å². The van der Waals surface area contributed by atoms with Crippen molar-refractivity contribution >= 4 is 33.5 Å². The van der Waals surface area contributed by atoms with Crippen LogP contribution in [0.15, 0.2) is 35.3 Å². The van der Waals surface area contributed by atoms with Crippen molar-refractivity contribution in [2.24, 2.45) is 0 Å². The number of rotatable bonds is 4. The zero-order chi connectivity index (χ0) is 13.8. The Morgan fingerprint density at radius 1 is 1.37 bits per heavy atom. The molecule has 7 nitrogen and oxygen atoms in total. The highest BCUT2D eigenvalue weighted by Crippen LogP contribution is 2.10. The van der Waals surface area contributed by atoms with Gasteiger partial charge in [0, 0.05) is 12.4 Å². The summed E-state index contributed by atoms with van der Waals surface area (Å²) in [7, 11) is 0. The molecule has 2 rings (SSSR count). The number of nitrogens with zero attached hydrogens (tertiary/aromatic N) is 3. The van der Waals surface area contributed by atoms with E-state index in [9.17, 15) is 9.59 Å². The van der Waals surface area contributed by atoms with E-state index in [1.165, 1.54) is 23.3 Å². The summed E-state index contributed by atoms with van der Waals surface area (Å²) in [5, 5.41) is 15.0. The van der Waals surface area contributed by atoms with E-state index in [-0.39, 0.29) is 12.5 Å². The van der Waals surface area contributed by atoms with E-state index in [0.29, 0.717) is 15.9 Å². The van der Waals surface area contributed by atoms with Gasteiger partial charge in [-0.2, -0.15) is 5.10 Å². The van der Waals surface area contributed by atoms with Crippen LogP contribution < -0.4 is 5.32 Å². The summed E-state index contributed by atoms with van der Waals surface area (Å²) in [6.45, 7) is -0.254. The third-order valence-corrected chi connectivity index (χ3v) is 2.65. The molecule has 0 radical (unpaired) electrons. The molecule has 0 atom stereocenters. The summed E-state index contributed by atoms with van der Waals surface area (Å²) < 4.78 is 1.86. The molecule has 0 saturated heterocycles. The first kappa shape index (κ1) is 13.2. The highest BCUT2D eigenvalue weighted by molar-refractivity contribution is 9.10. The second-order valence-electron chi connectivity index (χ2n) is 3.64. The van der Waals surface area contributed by atoms with Gasteiger partial charge in [0.05, 0.1) is 17.4 Å². The molecule has 0 saturated carbocycles. The van der Waals surface area contributed by atoms with Crippen molar-refractivity contribution in [3.8, 4) is 0 Å². The number of hydrogen-bond acceptors (Lipinski definition) is 4. The molecule has 0 fully saturated rings. The Morgan fingerprint density at radius 2 is 2.16 bits per heavy atom. The first-order valence-electron chi connectivity index (χ1n) is 5.22. The number of pyridine rings is 1. The minimum atomic E-state index is -1.00. The number of carboxylic acid groups (broad SMARTS) is 1. The number of amides is 1. The van der Waals surface area contributed by atoms with E-state index in [1.807, 2.05) is 0 Å². The third-order valence-electron chi connectivity index (χ3n) is 2.18. The largest absolute Gasteiger partial charge is 0.480 e. The minimum Gasteiger partial charge on any atom is -0.480 e. The maximum atomic E-state index is 11.8. The first-order chi connectivity index (χ1) is 9.04. The lowest BCUT2D eigenvalue weighted by Crippen LogP contribution is -2.12. The Balaban J connectivity index is 2.04. The molecule has 0 bridgehead atoms. The van der Waals surface area contributed by atoms with Gasteiger partial charge in [-0.1, -0.05) is 0 Å². The lowest BCUT2D eigenvalue weighted by Gasteiger charge is -2.01. The van der Waals surface area contributed by atoms with Crippen molar-refractivity contribution in [3.05, 3.63) is 40.9 Å². The Kier molecular flexibility index (Phi) is 3.91. The molecule has 0 unspecified atom stereocenters. The molecular formula is C11H9BrN4O3. The number of carboxylic acids is 1. The minimum absolute atomic E-state index is 0.254. The predicted molar refractivity (Wildman–Crippen MR) is 69.8 cm³/mol. The molecule has 19 heavy (non-hydrogen) atoms. The number of aliphatic carboxylic acids is 1. The molecule has 2 N–H and O–H groups in total. The third kappa shape index (κ3) is 3.62. The SMILES string of the molecule is O=C(O)Cn1cc(NC(=O)c2ccc(Br)nc2)cn1. The average Bonchev–Trinajstić information content (AvgIpc) is 2.76. The fraction of sp³-hybridized carbons (Fsp3) is 0.0909. The number of carbonyl (C=O) groups is 2. The van der Waals surface area contributed by atoms with Gasteiger partial charge in [0.1, 0.15) is 11.1 Å². The smallest absolute Gasteiger partial charge is 0.325 e. The molecular weight excluding hydrogens is 316 g/mol. The molecule has 8 heteroatoms. The van der Waals surface area contributed by atoms with Gasteiger partial charge in [-0.15, -0.1) is 0 Å². The van der Waals surface area contributed by atoms with Crippen LogP contribution in [0, 0.1) is 0 Å². The van der Waals surface area contributed by atoms with Gasteiger partial charge in [0.25, 0.3) is 5.91 Å². The summed E-state index contributed by atoms with van der Waals surface area (Å²) in [6.07, 6.45) is 4.26. The fourth-order valence-electron chi connectivity index (χ4n) is 1.37. The van der Waals surface area contributed by atoms with Gasteiger partial charge < -0.3 is 10.4 Å². The maximum Gasteiger partial charge on any atom is 0.325 e. The van der Waals surface area contributed by atoms with Gasteiger partial charge in [0.2, 0.25) is 0 Å². The van der Waals surface area contributed by atoms with E-state index in [4.69, 9.17) is 5.11 Å². The lowest BCUT2D eigenvalue weighted by atomic mass is 10.2. The summed E-state index contributed by atoms with van der Waals surface area (Å²) in [6, 6.07) is 3.27. The molecule has 2 aromatic rings. The zero-order valence-electron chi connectivity index (χ0n) is 9.58. The molecule has 0 aliphatic carbocycles. The number of anilines is 1. The van der Waals surface area contributed by atoms with Gasteiger partial charge >= 0.3 is 5.97 Å². The molecule has 1 amide bonds. The van der Waals surface area contributed by atoms with Crippen molar-refractivity contribution < 1.29 is 14.7 Å². The summed E-state index contributed by atoms with van der Waals surface area (Å²) in [4.78, 5) is 26.3. The van der Waals surface area contributed by atoms with Crippen molar-refractivity contribution in [3.63, 3.8) is 0 Å². The van der Waals surface area contributed by atoms with Crippen LogP contribution in [0.4, 0.5) is 5.69 Å². The van der Waals surface area contributed by atoms with Crippen LogP contribution in [-0.2, 0) is 11.3 Å². The van der Waals surface area contributed by atoms with E-state index in [0.717, 1.165) is 0 Å². The zero-order valence-corrected chi connectivity index (χ0v) is 11.2. The maximum absolute atomic E-state index is 11.8. The van der Waals surface area contributed by atoms with Crippen molar-refractivity contribution in [1.82, 2.24) is 14.8 Å². The number of hydrogen-bond donors (Lipinski definition) is 2. The molecule has 0 spiro atoms. The van der Waals surface area contributed by atoms with Crippen molar-refractivity contribution in [2.45, 2.75) is 6.54 Å². The van der Waals surface area contributed by atoms with Crippen molar-refractivity contribution in [1.29, 1.82) is 0 Å². The predicted octanol–water partition coefficient (Wildman–Crippen LogP) is 1.38. The molecule has 0 aromatic carbocycles. The topological polar surface area (TPSA) is 97.1 Å². The Labute approximate surface area is 116 Å². The summed E-state index contributed by atoms with van der Waals surface area (Å²) >= 11 is 3.18. The average molecular weight is 325 g/mol. The molecule has 98 valence electrons. The van der Waals surface area contributed by atoms with Crippen LogP contribution in [0.2, 0.25) is 0 Å². The van der Waals surface area contributed by atoms with Gasteiger partial charge in [-0.3, -0.25) is 14.3 Å². The fourth-order valence-corrected chi connectivity index (χ4v) is 1.60. The number of nitrogens with one attached hydrogen (secondary N) is 1. The quantitative estimate of drug-likeness (QED) is 0.828. The van der Waals surface area contributed by atoms with Crippen LogP contribution >= 0.6 is 15.9 Å². The van der Waals surface area contributed by atoms with E-state index >= 15 is 0 Å². The highest BCUT2D eigenvalue weighted by atomic mass is 79.9. The van der Waals surface area contributed by atoms with E-state index in [2.05, 4.69) is 31.3 Å².